The normalized spacial score (nSPS) is 26.4. The molecule has 392 valence electrons. The summed E-state index contributed by atoms with van der Waals surface area (Å²) in [6.07, 6.45) is 12.7. The van der Waals surface area contributed by atoms with Crippen molar-refractivity contribution in [1.29, 1.82) is 0 Å². The number of allylic oxidation sites excluding steroid dienone is 3. The highest BCUT2D eigenvalue weighted by Gasteiger charge is 2.44. The number of ketones is 2. The zero-order valence-electron chi connectivity index (χ0n) is 44.8. The predicted molar refractivity (Wildman–Crippen MR) is 277 cm³/mol. The second-order valence-electron chi connectivity index (χ2n) is 18.0. The molecule has 69 heavy (non-hydrogen) atoms. The van der Waals surface area contributed by atoms with Gasteiger partial charge in [0.15, 0.2) is 12.1 Å². The van der Waals surface area contributed by atoms with Gasteiger partial charge in [-0.1, -0.05) is 86.6 Å². The molecule has 2 aliphatic rings. The van der Waals surface area contributed by atoms with Crippen molar-refractivity contribution in [2.75, 3.05) is 20.6 Å². The number of ether oxygens (including phenoxy) is 4. The largest absolute Gasteiger partial charge is 0.458 e. The van der Waals surface area contributed by atoms with E-state index in [1.807, 2.05) is 103 Å². The number of unbranched alkanes of at least 4 members (excludes halogenated alkanes) is 1. The smallest absolute Gasteiger partial charge is 0.407 e. The highest BCUT2D eigenvalue weighted by atomic mass is 16.7. The van der Waals surface area contributed by atoms with Crippen molar-refractivity contribution in [2.45, 2.75) is 190 Å². The maximum Gasteiger partial charge on any atom is 0.407 e. The molecule has 2 aliphatic heterocycles. The number of aliphatic hydroxyl groups excluding tert-OH is 1. The van der Waals surface area contributed by atoms with Crippen LogP contribution in [0.1, 0.15) is 141 Å². The topological polar surface area (TPSA) is 197 Å². The van der Waals surface area contributed by atoms with Crippen LogP contribution in [0.25, 0.3) is 11.3 Å². The number of aliphatic hydroxyl groups is 1. The number of carbonyl (C=O) groups excluding carboxylic acids is 4. The minimum atomic E-state index is -1.13. The summed E-state index contributed by atoms with van der Waals surface area (Å²) < 4.78 is 26.2. The van der Waals surface area contributed by atoms with Crippen LogP contribution in [0, 0.1) is 23.7 Å². The average Bonchev–Trinajstić information content (AvgIpc) is 3.80. The second kappa shape index (κ2) is 36.3. The van der Waals surface area contributed by atoms with Gasteiger partial charge in [-0.15, -0.1) is 6.58 Å². The maximum atomic E-state index is 13.9. The Morgan fingerprint density at radius 2 is 1.72 bits per heavy atom. The molecule has 2 aromatic heterocycles. The van der Waals surface area contributed by atoms with E-state index in [2.05, 4.69) is 42.3 Å². The Bertz CT molecular complexity index is 1790. The van der Waals surface area contributed by atoms with Crippen LogP contribution in [0.5, 0.6) is 0 Å². The molecule has 0 aliphatic carbocycles. The molecule has 9 unspecified atom stereocenters. The first kappa shape index (κ1) is 64.3. The lowest BCUT2D eigenvalue weighted by Gasteiger charge is -2.43. The Hall–Kier alpha value is -4.70. The van der Waals surface area contributed by atoms with E-state index in [1.54, 1.807) is 38.6 Å². The third-order valence-electron chi connectivity index (χ3n) is 11.5. The van der Waals surface area contributed by atoms with Crippen LogP contribution in [0.2, 0.25) is 0 Å². The number of cyclic esters (lactones) is 1. The number of likely N-dealkylation sites (N-methyl/N-ethyl adjacent to an activating group) is 1. The molecule has 0 radical (unpaired) electrons. The number of hydrogen-bond donors (Lipinski definition) is 3. The van der Waals surface area contributed by atoms with Crippen molar-refractivity contribution in [3.8, 4) is 11.3 Å². The summed E-state index contributed by atoms with van der Waals surface area (Å²) in [5.41, 5.74) is 7.73. The van der Waals surface area contributed by atoms with Gasteiger partial charge in [-0.3, -0.25) is 19.4 Å². The van der Waals surface area contributed by atoms with Crippen molar-refractivity contribution in [3.05, 3.63) is 74.1 Å². The lowest BCUT2D eigenvalue weighted by molar-refractivity contribution is -0.278. The van der Waals surface area contributed by atoms with Gasteiger partial charge in [0.05, 0.1) is 24.2 Å². The summed E-state index contributed by atoms with van der Waals surface area (Å²) in [6, 6.07) is 3.61. The van der Waals surface area contributed by atoms with Gasteiger partial charge < -0.3 is 44.6 Å². The fourth-order valence-corrected chi connectivity index (χ4v) is 7.78. The molecule has 11 atom stereocenters. The first-order valence-electron chi connectivity index (χ1n) is 25.2. The molecule has 1 amide bonds. The van der Waals surface area contributed by atoms with Gasteiger partial charge in [-0.2, -0.15) is 0 Å². The average molecular weight is 969 g/mol. The fraction of sp³-hybridized carbons (Fsp3) is 0.667. The molecule has 2 aromatic rings. The van der Waals surface area contributed by atoms with Crippen LogP contribution in [-0.2, 0) is 39.9 Å². The molecule has 4 heterocycles. The first-order chi connectivity index (χ1) is 32.8. The zero-order chi connectivity index (χ0) is 52.6. The molecule has 15 heteroatoms. The van der Waals surface area contributed by atoms with Gasteiger partial charge in [0.25, 0.3) is 0 Å². The molecular formula is C54H92N6O9. The lowest BCUT2D eigenvalue weighted by Crippen LogP contribution is -2.56. The summed E-state index contributed by atoms with van der Waals surface area (Å²) in [6.45, 7) is 30.7. The summed E-state index contributed by atoms with van der Waals surface area (Å²) in [4.78, 5) is 64.4. The fourth-order valence-electron chi connectivity index (χ4n) is 7.78. The number of nitrogens with zero attached hydrogens (tertiary/aromatic N) is 4. The van der Waals surface area contributed by atoms with E-state index in [4.69, 9.17) is 24.7 Å². The zero-order valence-corrected chi connectivity index (χ0v) is 44.8. The van der Waals surface area contributed by atoms with Crippen molar-refractivity contribution >= 4 is 23.6 Å². The number of nitrogens with two attached hydrogens (primary N) is 1. The summed E-state index contributed by atoms with van der Waals surface area (Å²) in [5, 5.41) is 14.0. The maximum absolute atomic E-state index is 13.9. The number of imidazole rings is 1. The van der Waals surface area contributed by atoms with Gasteiger partial charge in [0.2, 0.25) is 0 Å². The standard InChI is InChI=1S/C40H61N5O9.C6H11N.C3H8.C3H6.C2H6/c1-9-33-34(53-40(50)42-17-10-11-18-45-22-30(43-23-45)29-13-12-16-41-21-29)15-14-32(46)24(2)19-25(3)37(27(5)35(47)28(6)38(49)52-33)54-39-36(48)31(44(7)8)20-26(4)51-39;1-3-4-5-6(2)7;2*1-3-2;1-2/h12-13,16,21-28,31,33-34,36-37,39,48H,9-11,14-15,17-20H2,1-8H3,(H,42,50);3-4H,2,5,7H2,1H3;3H2,1-2H3;3H,1H2,2H3;1-2H3/b;4-3-;;;/t24-,25?,26?,27?,28?,31?,33?,34?,36?,37+,39?;;;;/m1..../s1. The molecule has 0 bridgehead atoms. The minimum absolute atomic E-state index is 0.0402. The van der Waals surface area contributed by atoms with Gasteiger partial charge in [0, 0.05) is 73.7 Å². The van der Waals surface area contributed by atoms with Gasteiger partial charge in [0.1, 0.15) is 30.0 Å². The molecule has 0 saturated carbocycles. The number of carbonyl (C=O) groups is 4. The van der Waals surface area contributed by atoms with Crippen LogP contribution in [0.15, 0.2) is 74.1 Å². The summed E-state index contributed by atoms with van der Waals surface area (Å²) in [5.74, 6) is -3.78. The number of aromatic nitrogens is 3. The van der Waals surface area contributed by atoms with Crippen LogP contribution in [0.3, 0.4) is 0 Å². The van der Waals surface area contributed by atoms with Gasteiger partial charge in [-0.25, -0.2) is 9.78 Å². The van der Waals surface area contributed by atoms with E-state index < -0.39 is 60.5 Å². The molecule has 2 saturated heterocycles. The lowest BCUT2D eigenvalue weighted by atomic mass is 9.80. The number of rotatable bonds is 13. The van der Waals surface area contributed by atoms with Crippen LogP contribution in [-0.4, -0.2) is 112 Å². The predicted octanol–water partition coefficient (Wildman–Crippen LogP) is 9.88. The Morgan fingerprint density at radius 3 is 2.28 bits per heavy atom. The van der Waals surface area contributed by atoms with Crippen LogP contribution in [0.4, 0.5) is 4.79 Å². The Balaban J connectivity index is 0.00000270. The number of aryl methyl sites for hydroxylation is 1. The number of hydrogen-bond acceptors (Lipinski definition) is 13. The second-order valence-corrected chi connectivity index (χ2v) is 18.0. The summed E-state index contributed by atoms with van der Waals surface area (Å²) >= 11 is 0. The molecule has 15 nitrogen and oxygen atoms in total. The van der Waals surface area contributed by atoms with Crippen LogP contribution < -0.4 is 11.1 Å². The van der Waals surface area contributed by atoms with Crippen molar-refractivity contribution in [1.82, 2.24) is 24.8 Å². The molecule has 0 spiro atoms. The van der Waals surface area contributed by atoms with E-state index in [9.17, 15) is 24.3 Å². The third kappa shape index (κ3) is 24.1. The van der Waals surface area contributed by atoms with E-state index in [0.717, 1.165) is 29.8 Å². The molecular weight excluding hydrogens is 877 g/mol. The van der Waals surface area contributed by atoms with Crippen molar-refractivity contribution in [3.63, 3.8) is 0 Å². The van der Waals surface area contributed by atoms with E-state index >= 15 is 0 Å². The number of nitrogens with one attached hydrogen (secondary N) is 1. The SMILES string of the molecule is C=C(N)C/C=C\C.C=CC.CC.CCC.CCC1OC(=O)C(C)C(=O)C(C)[C@@H](OC2OC(C)CC(N(C)C)C2O)C(C)C[C@@H](C)C(=O)CCC1OC(=O)NCCCCn1cnc(-c2cccnc2)c1. The highest BCUT2D eigenvalue weighted by Crippen LogP contribution is 2.33. The Morgan fingerprint density at radius 1 is 1.07 bits per heavy atom. The number of esters is 1. The number of Topliss-reactive ketones (excluding diaryl/α,β-unsaturated/α-hetero) is 2. The number of pyridine rings is 1. The van der Waals surface area contributed by atoms with E-state index in [0.29, 0.717) is 38.8 Å². The first-order valence-corrected chi connectivity index (χ1v) is 25.2. The van der Waals surface area contributed by atoms with Crippen LogP contribution >= 0.6 is 0 Å². The van der Waals surface area contributed by atoms with Crippen molar-refractivity contribution < 1.29 is 43.2 Å². The van der Waals surface area contributed by atoms with E-state index in [1.165, 1.54) is 13.3 Å². The van der Waals surface area contributed by atoms with Gasteiger partial charge in [-0.05, 0) is 98.4 Å². The quantitative estimate of drug-likeness (QED) is 0.0743. The molecule has 4 rings (SSSR count). The summed E-state index contributed by atoms with van der Waals surface area (Å²) in [7, 11) is 3.77. The Labute approximate surface area is 416 Å². The number of alkyl carbamates (subject to hydrolysis) is 1. The molecule has 0 aromatic carbocycles. The Kier molecular flexibility index (Phi) is 33.8. The van der Waals surface area contributed by atoms with Crippen molar-refractivity contribution in [2.24, 2.45) is 29.4 Å². The number of amides is 1. The minimum Gasteiger partial charge on any atom is -0.458 e. The molecule has 2 fully saturated rings. The third-order valence-corrected chi connectivity index (χ3v) is 11.5. The van der Waals surface area contributed by atoms with Gasteiger partial charge >= 0.3 is 12.1 Å². The van der Waals surface area contributed by atoms with E-state index in [-0.39, 0.29) is 42.5 Å². The monoisotopic (exact) mass is 969 g/mol. The highest BCUT2D eigenvalue weighted by molar-refractivity contribution is 6.00. The molecule has 4 N–H and O–H groups in total.